The summed E-state index contributed by atoms with van der Waals surface area (Å²) < 4.78 is 7.19. The number of aromatic nitrogens is 4. The van der Waals surface area contributed by atoms with Crippen LogP contribution in [0.15, 0.2) is 77.9 Å². The van der Waals surface area contributed by atoms with Crippen LogP contribution in [-0.2, 0) is 11.3 Å². The number of rotatable bonds is 7. The molecule has 3 heterocycles. The number of nitriles is 1. The Hall–Kier alpha value is -4.88. The predicted octanol–water partition coefficient (Wildman–Crippen LogP) is 2.48. The summed E-state index contributed by atoms with van der Waals surface area (Å²) in [5, 5.41) is 25.7. The van der Waals surface area contributed by atoms with Crippen LogP contribution in [0.3, 0.4) is 0 Å². The van der Waals surface area contributed by atoms with Gasteiger partial charge in [-0.1, -0.05) is 30.3 Å². The molecule has 0 amide bonds. The number of benzene rings is 2. The van der Waals surface area contributed by atoms with Gasteiger partial charge < -0.3 is 15.2 Å². The van der Waals surface area contributed by atoms with E-state index >= 15 is 0 Å². The van der Waals surface area contributed by atoms with Gasteiger partial charge in [-0.15, -0.1) is 0 Å². The summed E-state index contributed by atoms with van der Waals surface area (Å²) in [5.41, 5.74) is 3.24. The van der Waals surface area contributed by atoms with Crippen LogP contribution in [0.1, 0.15) is 17.5 Å². The number of carboxylic acids is 1. The first-order valence-electron chi connectivity index (χ1n) is 11.6. The fraction of sp³-hybridized carbons (Fsp3) is 0.185. The van der Waals surface area contributed by atoms with E-state index in [1.165, 1.54) is 10.7 Å². The average molecular weight is 495 g/mol. The van der Waals surface area contributed by atoms with Gasteiger partial charge in [-0.3, -0.25) is 9.59 Å². The van der Waals surface area contributed by atoms with E-state index in [0.29, 0.717) is 35.8 Å². The molecule has 0 aliphatic carbocycles. The van der Waals surface area contributed by atoms with E-state index in [4.69, 9.17) is 15.1 Å². The Labute approximate surface area is 211 Å². The molecule has 2 aromatic heterocycles. The first-order chi connectivity index (χ1) is 18.0. The first kappa shape index (κ1) is 23.8. The van der Waals surface area contributed by atoms with E-state index in [-0.39, 0.29) is 18.2 Å². The maximum Gasteiger partial charge on any atom is 0.320 e. The van der Waals surface area contributed by atoms with Gasteiger partial charge in [0, 0.05) is 30.2 Å². The van der Waals surface area contributed by atoms with Crippen molar-refractivity contribution in [1.29, 1.82) is 5.26 Å². The Morgan fingerprint density at radius 3 is 2.65 bits per heavy atom. The van der Waals surface area contributed by atoms with Crippen molar-refractivity contribution < 1.29 is 14.6 Å². The summed E-state index contributed by atoms with van der Waals surface area (Å²) in [5.74, 6) is 0.0604. The van der Waals surface area contributed by atoms with Gasteiger partial charge in [-0.05, 0) is 29.8 Å². The molecule has 2 atom stereocenters. The van der Waals surface area contributed by atoms with Crippen LogP contribution in [0.5, 0.6) is 5.75 Å². The molecule has 0 saturated carbocycles. The first-order valence-corrected chi connectivity index (χ1v) is 11.6. The van der Waals surface area contributed by atoms with Crippen LogP contribution in [0.25, 0.3) is 22.6 Å². The third kappa shape index (κ3) is 5.52. The molecule has 0 radical (unpaired) electrons. The average Bonchev–Trinajstić information content (AvgIpc) is 3.39. The Morgan fingerprint density at radius 2 is 1.89 bits per heavy atom. The topological polar surface area (TPSA) is 143 Å². The molecule has 2 aromatic carbocycles. The number of nitrogens with zero attached hydrogens (tertiary/aromatic N) is 5. The molecule has 10 nitrogen and oxygen atoms in total. The Kier molecular flexibility index (Phi) is 6.70. The summed E-state index contributed by atoms with van der Waals surface area (Å²) >= 11 is 0. The van der Waals surface area contributed by atoms with Crippen molar-refractivity contribution in [2.45, 2.75) is 25.1 Å². The lowest BCUT2D eigenvalue weighted by Gasteiger charge is -2.12. The van der Waals surface area contributed by atoms with Crippen molar-refractivity contribution in [3.05, 3.63) is 94.5 Å². The SMILES string of the molecule is N#Cc1cccc(-c2ccc(=O)n(Cc3cccc(-c4ncc(OC5CNC(C(=O)O)C5)cn4)c3)n2)c1. The van der Waals surface area contributed by atoms with Gasteiger partial charge in [-0.25, -0.2) is 14.6 Å². The van der Waals surface area contributed by atoms with Crippen molar-refractivity contribution in [1.82, 2.24) is 25.1 Å². The molecule has 1 fully saturated rings. The molecule has 0 spiro atoms. The van der Waals surface area contributed by atoms with Crippen LogP contribution in [-0.4, -0.2) is 49.5 Å². The van der Waals surface area contributed by atoms with Crippen LogP contribution in [0.4, 0.5) is 0 Å². The van der Waals surface area contributed by atoms with Gasteiger partial charge in [0.1, 0.15) is 12.1 Å². The molecule has 37 heavy (non-hydrogen) atoms. The summed E-state index contributed by atoms with van der Waals surface area (Å²) in [7, 11) is 0. The van der Waals surface area contributed by atoms with E-state index < -0.39 is 12.0 Å². The Bertz CT molecular complexity index is 1540. The van der Waals surface area contributed by atoms with Crippen molar-refractivity contribution in [2.75, 3.05) is 6.54 Å². The fourth-order valence-corrected chi connectivity index (χ4v) is 4.15. The smallest absolute Gasteiger partial charge is 0.320 e. The normalized spacial score (nSPS) is 16.7. The zero-order chi connectivity index (χ0) is 25.8. The molecular formula is C27H22N6O4. The number of nitrogens with one attached hydrogen (secondary N) is 1. The molecule has 10 heteroatoms. The van der Waals surface area contributed by atoms with Crippen molar-refractivity contribution >= 4 is 5.97 Å². The second kappa shape index (κ2) is 10.4. The third-order valence-corrected chi connectivity index (χ3v) is 5.99. The minimum Gasteiger partial charge on any atom is -0.486 e. The number of hydrogen-bond acceptors (Lipinski definition) is 8. The summed E-state index contributed by atoms with van der Waals surface area (Å²) in [6, 6.07) is 19.2. The van der Waals surface area contributed by atoms with Crippen molar-refractivity contribution in [2.24, 2.45) is 0 Å². The molecule has 5 rings (SSSR count). The number of ether oxygens (including phenoxy) is 1. The Morgan fingerprint density at radius 1 is 1.11 bits per heavy atom. The zero-order valence-corrected chi connectivity index (χ0v) is 19.6. The van der Waals surface area contributed by atoms with Gasteiger partial charge in [0.05, 0.1) is 36.3 Å². The lowest BCUT2D eigenvalue weighted by atomic mass is 10.1. The fourth-order valence-electron chi connectivity index (χ4n) is 4.15. The van der Waals surface area contributed by atoms with Crippen molar-refractivity contribution in [3.63, 3.8) is 0 Å². The minimum absolute atomic E-state index is 0.241. The van der Waals surface area contributed by atoms with Gasteiger partial charge >= 0.3 is 5.97 Å². The molecule has 184 valence electrons. The maximum absolute atomic E-state index is 12.5. The monoisotopic (exact) mass is 494 g/mol. The second-order valence-corrected chi connectivity index (χ2v) is 8.62. The second-order valence-electron chi connectivity index (χ2n) is 8.62. The van der Waals surface area contributed by atoms with Gasteiger partial charge in [0.15, 0.2) is 11.6 Å². The van der Waals surface area contributed by atoms with Gasteiger partial charge in [0.2, 0.25) is 0 Å². The Balaban J connectivity index is 1.31. The highest BCUT2D eigenvalue weighted by Gasteiger charge is 2.30. The molecule has 1 aliphatic rings. The zero-order valence-electron chi connectivity index (χ0n) is 19.6. The summed E-state index contributed by atoms with van der Waals surface area (Å²) in [4.78, 5) is 32.4. The van der Waals surface area contributed by atoms with E-state index in [1.54, 1.807) is 36.7 Å². The standard InChI is InChI=1S/C27H22N6O4/c28-12-17-3-1-5-19(9-17)23-7-8-25(34)33(32-23)16-18-4-2-6-20(10-18)26-30-14-22(15-31-26)37-21-11-24(27(35)36)29-13-21/h1-10,14-15,21,24,29H,11,13,16H2,(H,35,36). The van der Waals surface area contributed by atoms with Crippen molar-refractivity contribution in [3.8, 4) is 34.5 Å². The highest BCUT2D eigenvalue weighted by molar-refractivity contribution is 5.74. The number of carbonyl (C=O) groups is 1. The van der Waals surface area contributed by atoms with Crippen LogP contribution in [0.2, 0.25) is 0 Å². The largest absolute Gasteiger partial charge is 0.486 e. The lowest BCUT2D eigenvalue weighted by Crippen LogP contribution is -2.30. The lowest BCUT2D eigenvalue weighted by molar-refractivity contribution is -0.139. The predicted molar refractivity (Wildman–Crippen MR) is 134 cm³/mol. The molecule has 4 aromatic rings. The molecule has 2 N–H and O–H groups in total. The number of hydrogen-bond donors (Lipinski definition) is 2. The van der Waals surface area contributed by atoms with Crippen LogP contribution in [0, 0.1) is 11.3 Å². The molecule has 2 unspecified atom stereocenters. The quantitative estimate of drug-likeness (QED) is 0.396. The van der Waals surface area contributed by atoms with Gasteiger partial charge in [-0.2, -0.15) is 10.4 Å². The summed E-state index contributed by atoms with van der Waals surface area (Å²) in [6.07, 6.45) is 3.24. The highest BCUT2D eigenvalue weighted by atomic mass is 16.5. The van der Waals surface area contributed by atoms with Crippen LogP contribution >= 0.6 is 0 Å². The van der Waals surface area contributed by atoms with Crippen LogP contribution < -0.4 is 15.6 Å². The van der Waals surface area contributed by atoms with E-state index in [2.05, 4.69) is 26.5 Å². The maximum atomic E-state index is 12.5. The minimum atomic E-state index is -0.894. The van der Waals surface area contributed by atoms with E-state index in [0.717, 1.165) is 16.7 Å². The molecular weight excluding hydrogens is 472 g/mol. The molecule has 0 bridgehead atoms. The van der Waals surface area contributed by atoms with Gasteiger partial charge in [0.25, 0.3) is 5.56 Å². The summed E-state index contributed by atoms with van der Waals surface area (Å²) in [6.45, 7) is 0.693. The number of carboxylic acid groups (broad SMARTS) is 1. The highest BCUT2D eigenvalue weighted by Crippen LogP contribution is 2.21. The molecule has 1 aliphatic heterocycles. The van der Waals surface area contributed by atoms with E-state index in [1.807, 2.05) is 30.3 Å². The van der Waals surface area contributed by atoms with E-state index in [9.17, 15) is 9.59 Å². The molecule has 1 saturated heterocycles. The third-order valence-electron chi connectivity index (χ3n) is 5.99. The number of aliphatic carboxylic acids is 1.